The molecule has 5 nitrogen and oxygen atoms in total. The maximum Gasteiger partial charge on any atom is 0.125 e. The van der Waals surface area contributed by atoms with Gasteiger partial charge in [0.1, 0.15) is 5.82 Å². The summed E-state index contributed by atoms with van der Waals surface area (Å²) in [5, 5.41) is 3.16. The first-order valence-electron chi connectivity index (χ1n) is 8.33. The van der Waals surface area contributed by atoms with E-state index in [2.05, 4.69) is 15.2 Å². The van der Waals surface area contributed by atoms with Gasteiger partial charge in [-0.15, -0.1) is 0 Å². The number of pyridine rings is 1. The molecular weight excluding hydrogens is 341 g/mol. The molecule has 1 aliphatic heterocycles. The van der Waals surface area contributed by atoms with Crippen LogP contribution in [0.2, 0.25) is 0 Å². The fourth-order valence-electron chi connectivity index (χ4n) is 3.18. The molecule has 7 heteroatoms. The van der Waals surface area contributed by atoms with E-state index in [4.69, 9.17) is 0 Å². The fraction of sp³-hybridized carbons (Fsp3) is 0.389. The van der Waals surface area contributed by atoms with Crippen LogP contribution in [0.4, 0.5) is 15.8 Å². The van der Waals surface area contributed by atoms with Gasteiger partial charge in [0, 0.05) is 24.2 Å². The van der Waals surface area contributed by atoms with E-state index in [0.717, 1.165) is 37.2 Å². The molecule has 2 aromatic rings. The highest BCUT2D eigenvalue weighted by Crippen LogP contribution is 2.23. The Morgan fingerprint density at radius 3 is 2.76 bits per heavy atom. The lowest BCUT2D eigenvalue weighted by Gasteiger charge is -2.32. The Bertz CT molecular complexity index is 722. The van der Waals surface area contributed by atoms with Crippen LogP contribution in [0.5, 0.6) is 0 Å². The molecule has 25 heavy (non-hydrogen) atoms. The largest absolute Gasteiger partial charge is 0.772 e. The highest BCUT2D eigenvalue weighted by molar-refractivity contribution is 7.79. The lowest BCUT2D eigenvalue weighted by molar-refractivity contribution is 0.186. The molecule has 0 amide bonds. The van der Waals surface area contributed by atoms with Crippen molar-refractivity contribution < 1.29 is 13.2 Å². The number of anilines is 2. The third kappa shape index (κ3) is 5.59. The summed E-state index contributed by atoms with van der Waals surface area (Å²) in [4.78, 5) is 6.28. The van der Waals surface area contributed by atoms with E-state index in [-0.39, 0.29) is 17.5 Å². The smallest absolute Gasteiger partial charge is 0.125 e. The third-order valence-electron chi connectivity index (χ3n) is 4.39. The number of hydrogen-bond acceptors (Lipinski definition) is 5. The number of aromatic nitrogens is 1. The van der Waals surface area contributed by atoms with Crippen molar-refractivity contribution in [2.45, 2.75) is 19.4 Å². The molecule has 1 N–H and O–H groups in total. The van der Waals surface area contributed by atoms with Crippen molar-refractivity contribution in [3.05, 3.63) is 54.1 Å². The van der Waals surface area contributed by atoms with Crippen LogP contribution < -0.4 is 5.32 Å². The molecule has 1 aromatic carbocycles. The predicted molar refractivity (Wildman–Crippen MR) is 95.7 cm³/mol. The number of halogens is 1. The van der Waals surface area contributed by atoms with Gasteiger partial charge in [-0.25, -0.2) is 4.39 Å². The summed E-state index contributed by atoms with van der Waals surface area (Å²) in [6.07, 6.45) is 5.11. The van der Waals surface area contributed by atoms with E-state index in [9.17, 15) is 13.2 Å². The van der Waals surface area contributed by atoms with Gasteiger partial charge >= 0.3 is 0 Å². The molecule has 1 aliphatic rings. The van der Waals surface area contributed by atoms with E-state index in [1.54, 1.807) is 18.5 Å². The quantitative estimate of drug-likeness (QED) is 0.800. The summed E-state index contributed by atoms with van der Waals surface area (Å²) < 4.78 is 35.5. The molecule has 1 fully saturated rings. The Morgan fingerprint density at radius 2 is 2.08 bits per heavy atom. The highest BCUT2D eigenvalue weighted by Gasteiger charge is 2.19. The lowest BCUT2D eigenvalue weighted by atomic mass is 9.98. The number of likely N-dealkylation sites (tertiary alicyclic amines) is 1. The topological polar surface area (TPSA) is 68.3 Å². The molecule has 1 saturated heterocycles. The van der Waals surface area contributed by atoms with Gasteiger partial charge in [-0.2, -0.15) is 0 Å². The molecule has 0 radical (unpaired) electrons. The second-order valence-electron chi connectivity index (χ2n) is 6.40. The van der Waals surface area contributed by atoms with Gasteiger partial charge in [0.25, 0.3) is 0 Å². The molecule has 0 bridgehead atoms. The van der Waals surface area contributed by atoms with Gasteiger partial charge in [0.05, 0.1) is 11.9 Å². The zero-order valence-electron chi connectivity index (χ0n) is 13.9. The Balaban J connectivity index is 1.60. The van der Waals surface area contributed by atoms with Crippen molar-refractivity contribution in [3.63, 3.8) is 0 Å². The Kier molecular flexibility index (Phi) is 6.12. The molecular formula is C18H21FN3O2S-. The lowest BCUT2D eigenvalue weighted by Crippen LogP contribution is -2.34. The Hall–Kier alpha value is -1.83. The Morgan fingerprint density at radius 1 is 1.28 bits per heavy atom. The predicted octanol–water partition coefficient (Wildman–Crippen LogP) is 3.06. The zero-order valence-corrected chi connectivity index (χ0v) is 14.7. The van der Waals surface area contributed by atoms with Crippen molar-refractivity contribution in [3.8, 4) is 0 Å². The van der Waals surface area contributed by atoms with Gasteiger partial charge < -0.3 is 9.87 Å². The minimum Gasteiger partial charge on any atom is -0.772 e. The van der Waals surface area contributed by atoms with Gasteiger partial charge in [0.15, 0.2) is 0 Å². The van der Waals surface area contributed by atoms with Crippen LogP contribution >= 0.6 is 0 Å². The maximum atomic E-state index is 13.9. The monoisotopic (exact) mass is 362 g/mol. The van der Waals surface area contributed by atoms with Gasteiger partial charge in [-0.1, -0.05) is 11.1 Å². The second-order valence-corrected chi connectivity index (χ2v) is 7.35. The molecule has 0 spiro atoms. The zero-order chi connectivity index (χ0) is 17.6. The first-order valence-corrected chi connectivity index (χ1v) is 9.57. The van der Waals surface area contributed by atoms with Crippen LogP contribution in [-0.4, -0.2) is 37.5 Å². The first-order chi connectivity index (χ1) is 12.1. The summed E-state index contributed by atoms with van der Waals surface area (Å²) in [7, 11) is 0. The summed E-state index contributed by atoms with van der Waals surface area (Å²) >= 11 is -1.97. The summed E-state index contributed by atoms with van der Waals surface area (Å²) in [6, 6.07) is 8.65. The highest BCUT2D eigenvalue weighted by atomic mass is 32.2. The van der Waals surface area contributed by atoms with Crippen molar-refractivity contribution in [1.29, 1.82) is 0 Å². The van der Waals surface area contributed by atoms with Crippen LogP contribution in [0.25, 0.3) is 0 Å². The molecule has 3 rings (SSSR count). The minimum absolute atomic E-state index is 0.241. The van der Waals surface area contributed by atoms with E-state index in [1.165, 1.54) is 6.07 Å². The van der Waals surface area contributed by atoms with Crippen molar-refractivity contribution in [1.82, 2.24) is 9.88 Å². The van der Waals surface area contributed by atoms with E-state index in [1.807, 2.05) is 18.2 Å². The maximum absolute atomic E-state index is 13.9. The molecule has 1 aromatic heterocycles. The molecule has 134 valence electrons. The van der Waals surface area contributed by atoms with Crippen LogP contribution in [-0.2, 0) is 17.6 Å². The summed E-state index contributed by atoms with van der Waals surface area (Å²) in [5.41, 5.74) is 2.40. The number of nitrogens with zero attached hydrogens (tertiary/aromatic N) is 2. The Labute approximate surface area is 149 Å². The number of piperidine rings is 1. The van der Waals surface area contributed by atoms with Crippen LogP contribution in [0.1, 0.15) is 18.4 Å². The van der Waals surface area contributed by atoms with Crippen molar-refractivity contribution in [2.24, 2.45) is 5.92 Å². The third-order valence-corrected chi connectivity index (χ3v) is 5.14. The summed E-state index contributed by atoms with van der Waals surface area (Å²) in [6.45, 7) is 2.33. The number of nitrogens with one attached hydrogen (secondary N) is 1. The minimum atomic E-state index is -1.97. The van der Waals surface area contributed by atoms with Crippen molar-refractivity contribution in [2.75, 3.05) is 24.2 Å². The fourth-order valence-corrected chi connectivity index (χ4v) is 3.90. The van der Waals surface area contributed by atoms with Crippen LogP contribution in [0.15, 0.2) is 42.7 Å². The molecule has 1 atom stereocenters. The first kappa shape index (κ1) is 18.0. The molecule has 2 heterocycles. The number of hydrogen-bond donors (Lipinski definition) is 1. The molecule has 0 saturated carbocycles. The average Bonchev–Trinajstić information content (AvgIpc) is 2.56. The van der Waals surface area contributed by atoms with Crippen LogP contribution in [0, 0.1) is 11.7 Å². The summed E-state index contributed by atoms with van der Waals surface area (Å²) in [5.74, 6) is 0.206. The molecule has 1 unspecified atom stereocenters. The number of rotatable bonds is 6. The normalized spacial score (nSPS) is 17.4. The average molecular weight is 362 g/mol. The van der Waals surface area contributed by atoms with E-state index in [0.29, 0.717) is 12.2 Å². The van der Waals surface area contributed by atoms with Gasteiger partial charge in [-0.05, 0) is 67.7 Å². The van der Waals surface area contributed by atoms with Crippen molar-refractivity contribution >= 4 is 22.5 Å². The van der Waals surface area contributed by atoms with Gasteiger partial charge in [0.2, 0.25) is 0 Å². The standard InChI is InChI=1S/C18H22FN3O2S/c19-16-8-15(9-18(10-16)21-17-2-1-5-20-11-17)12-22-6-3-14(4-7-22)13-25(23)24/h1-2,5,8-11,14,21H,3-4,6-7,12-13H2,(H,23,24)/p-1. The van der Waals surface area contributed by atoms with E-state index < -0.39 is 11.1 Å². The van der Waals surface area contributed by atoms with E-state index >= 15 is 0 Å². The van der Waals surface area contributed by atoms with Crippen LogP contribution in [0.3, 0.4) is 0 Å². The second kappa shape index (κ2) is 8.51. The SMILES string of the molecule is O=S([O-])CC1CCN(Cc2cc(F)cc(Nc3cccnc3)c2)CC1. The number of benzene rings is 1. The molecule has 0 aliphatic carbocycles. The van der Waals surface area contributed by atoms with Gasteiger partial charge in [-0.3, -0.25) is 14.1 Å².